The Kier molecular flexibility index (Phi) is 6.04. The highest BCUT2D eigenvalue weighted by Gasteiger charge is 2.37. The van der Waals surface area contributed by atoms with Crippen LogP contribution in [0.3, 0.4) is 0 Å². The average Bonchev–Trinajstić information content (AvgIpc) is 2.58. The molecule has 1 aromatic rings. The highest BCUT2D eigenvalue weighted by atomic mass is 19.4. The molecule has 24 heavy (non-hydrogen) atoms. The summed E-state index contributed by atoms with van der Waals surface area (Å²) in [5.41, 5.74) is -0.777. The number of piperidine rings is 1. The molecule has 1 atom stereocenters. The van der Waals surface area contributed by atoms with Crippen LogP contribution in [0.15, 0.2) is 18.3 Å². The van der Waals surface area contributed by atoms with E-state index in [1.54, 1.807) is 4.90 Å². The second kappa shape index (κ2) is 7.83. The number of carbonyl (C=O) groups excluding carboxylic acids is 1. The number of aliphatic hydroxyl groups is 1. The maximum absolute atomic E-state index is 13.2. The van der Waals surface area contributed by atoms with Gasteiger partial charge in [-0.05, 0) is 31.9 Å². The molecule has 134 valence electrons. The third-order valence-electron chi connectivity index (χ3n) is 4.23. The van der Waals surface area contributed by atoms with E-state index in [9.17, 15) is 18.0 Å². The number of anilines is 1. The molecule has 2 heterocycles. The summed E-state index contributed by atoms with van der Waals surface area (Å²) in [5.74, 6) is -0.623. The van der Waals surface area contributed by atoms with Gasteiger partial charge in [-0.2, -0.15) is 13.2 Å². The number of amides is 1. The molecule has 0 radical (unpaired) electrons. The summed E-state index contributed by atoms with van der Waals surface area (Å²) in [6.45, 7) is 3.04. The van der Waals surface area contributed by atoms with Crippen LogP contribution in [0.1, 0.15) is 25.3 Å². The van der Waals surface area contributed by atoms with Gasteiger partial charge in [0.15, 0.2) is 0 Å². The molecule has 1 unspecified atom stereocenters. The molecule has 1 amide bonds. The summed E-state index contributed by atoms with van der Waals surface area (Å²) < 4.78 is 39.5. The molecule has 0 saturated carbocycles. The lowest BCUT2D eigenvalue weighted by Gasteiger charge is -2.36. The summed E-state index contributed by atoms with van der Waals surface area (Å²) in [4.78, 5) is 19.5. The average molecular weight is 345 g/mol. The fourth-order valence-corrected chi connectivity index (χ4v) is 3.04. The van der Waals surface area contributed by atoms with Crippen molar-refractivity contribution in [3.8, 4) is 0 Å². The zero-order valence-corrected chi connectivity index (χ0v) is 13.6. The number of aliphatic hydroxyl groups excluding tert-OH is 1. The van der Waals surface area contributed by atoms with Gasteiger partial charge in [0.1, 0.15) is 5.82 Å². The quantitative estimate of drug-likeness (QED) is 0.889. The first-order chi connectivity index (χ1) is 11.4. The molecule has 5 nitrogen and oxygen atoms in total. The van der Waals surface area contributed by atoms with Crippen molar-refractivity contribution in [3.05, 3.63) is 23.9 Å². The predicted octanol–water partition coefficient (Wildman–Crippen LogP) is 2.16. The van der Waals surface area contributed by atoms with E-state index >= 15 is 0 Å². The molecule has 2 rings (SSSR count). The van der Waals surface area contributed by atoms with Gasteiger partial charge >= 0.3 is 6.18 Å². The first-order valence-corrected chi connectivity index (χ1v) is 8.05. The lowest BCUT2D eigenvalue weighted by atomic mass is 9.96. The lowest BCUT2D eigenvalue weighted by Crippen LogP contribution is -2.46. The number of aromatic nitrogens is 1. The van der Waals surface area contributed by atoms with Gasteiger partial charge < -0.3 is 14.9 Å². The van der Waals surface area contributed by atoms with Gasteiger partial charge in [0, 0.05) is 32.4 Å². The Bertz CT molecular complexity index is 566. The minimum Gasteiger partial charge on any atom is -0.395 e. The minimum atomic E-state index is -4.48. The van der Waals surface area contributed by atoms with E-state index in [2.05, 4.69) is 4.98 Å². The molecule has 1 aliphatic rings. The first kappa shape index (κ1) is 18.5. The van der Waals surface area contributed by atoms with E-state index in [1.165, 1.54) is 17.2 Å². The van der Waals surface area contributed by atoms with Crippen molar-refractivity contribution < 1.29 is 23.1 Å². The topological polar surface area (TPSA) is 56.7 Å². The van der Waals surface area contributed by atoms with E-state index in [4.69, 9.17) is 5.11 Å². The molecule has 0 aromatic carbocycles. The molecule has 1 N–H and O–H groups in total. The van der Waals surface area contributed by atoms with Gasteiger partial charge in [-0.25, -0.2) is 4.98 Å². The summed E-state index contributed by atoms with van der Waals surface area (Å²) in [6.07, 6.45) is -1.89. The number of alkyl halides is 3. The van der Waals surface area contributed by atoms with E-state index in [-0.39, 0.29) is 37.3 Å². The van der Waals surface area contributed by atoms with E-state index in [1.807, 2.05) is 6.92 Å². The van der Waals surface area contributed by atoms with Crippen LogP contribution in [0.4, 0.5) is 19.0 Å². The van der Waals surface area contributed by atoms with Gasteiger partial charge in [-0.15, -0.1) is 0 Å². The number of nitrogens with zero attached hydrogens (tertiary/aromatic N) is 3. The number of hydrogen-bond donors (Lipinski definition) is 1. The lowest BCUT2D eigenvalue weighted by molar-refractivity contribution is -0.137. The Morgan fingerprint density at radius 1 is 1.50 bits per heavy atom. The monoisotopic (exact) mass is 345 g/mol. The van der Waals surface area contributed by atoms with Crippen LogP contribution in [-0.2, 0) is 11.0 Å². The van der Waals surface area contributed by atoms with Crippen LogP contribution in [0.5, 0.6) is 0 Å². The standard InChI is InChI=1S/C16H22F3N3O2/c1-2-21(9-10-23)15(24)12-5-4-8-22(11-12)14-13(16(17,18)19)6-3-7-20-14/h3,6-7,12,23H,2,4-5,8-11H2,1H3. The molecule has 0 spiro atoms. The number of halogens is 3. The van der Waals surface area contributed by atoms with Crippen molar-refractivity contribution in [2.45, 2.75) is 25.9 Å². The van der Waals surface area contributed by atoms with Crippen LogP contribution < -0.4 is 4.90 Å². The molecule has 1 saturated heterocycles. The van der Waals surface area contributed by atoms with Gasteiger partial charge in [0.05, 0.1) is 18.1 Å². The predicted molar refractivity (Wildman–Crippen MR) is 83.5 cm³/mol. The highest BCUT2D eigenvalue weighted by molar-refractivity contribution is 5.79. The normalized spacial score (nSPS) is 18.5. The summed E-state index contributed by atoms with van der Waals surface area (Å²) in [5, 5.41) is 9.03. The number of hydrogen-bond acceptors (Lipinski definition) is 4. The number of rotatable bonds is 5. The largest absolute Gasteiger partial charge is 0.419 e. The molecule has 1 fully saturated rings. The third-order valence-corrected chi connectivity index (χ3v) is 4.23. The molecule has 1 aliphatic heterocycles. The molecular formula is C16H22F3N3O2. The number of carbonyl (C=O) groups is 1. The molecular weight excluding hydrogens is 323 g/mol. The summed E-state index contributed by atoms with van der Waals surface area (Å²) in [6, 6.07) is 2.27. The van der Waals surface area contributed by atoms with Crippen molar-refractivity contribution in [2.24, 2.45) is 5.92 Å². The van der Waals surface area contributed by atoms with Crippen molar-refractivity contribution >= 4 is 11.7 Å². The van der Waals surface area contributed by atoms with Crippen molar-refractivity contribution in [1.82, 2.24) is 9.88 Å². The van der Waals surface area contributed by atoms with Crippen molar-refractivity contribution in [3.63, 3.8) is 0 Å². The van der Waals surface area contributed by atoms with Gasteiger partial charge in [0.2, 0.25) is 5.91 Å². The Labute approximate surface area is 139 Å². The second-order valence-corrected chi connectivity index (χ2v) is 5.80. The fourth-order valence-electron chi connectivity index (χ4n) is 3.04. The summed E-state index contributed by atoms with van der Waals surface area (Å²) in [7, 11) is 0. The van der Waals surface area contributed by atoms with E-state index in [0.29, 0.717) is 25.9 Å². The Morgan fingerprint density at radius 3 is 2.88 bits per heavy atom. The maximum atomic E-state index is 13.2. The van der Waals surface area contributed by atoms with Crippen LogP contribution >= 0.6 is 0 Å². The minimum absolute atomic E-state index is 0.118. The van der Waals surface area contributed by atoms with Gasteiger partial charge in [-0.1, -0.05) is 0 Å². The van der Waals surface area contributed by atoms with Crippen LogP contribution in [-0.4, -0.2) is 53.7 Å². The number of pyridine rings is 1. The van der Waals surface area contributed by atoms with Crippen LogP contribution in [0.2, 0.25) is 0 Å². The summed E-state index contributed by atoms with van der Waals surface area (Å²) >= 11 is 0. The van der Waals surface area contributed by atoms with E-state index < -0.39 is 11.7 Å². The van der Waals surface area contributed by atoms with Crippen molar-refractivity contribution in [2.75, 3.05) is 37.7 Å². The second-order valence-electron chi connectivity index (χ2n) is 5.80. The fraction of sp³-hybridized carbons (Fsp3) is 0.625. The molecule has 1 aromatic heterocycles. The molecule has 0 aliphatic carbocycles. The van der Waals surface area contributed by atoms with Gasteiger partial charge in [0.25, 0.3) is 0 Å². The Balaban J connectivity index is 2.18. The highest BCUT2D eigenvalue weighted by Crippen LogP contribution is 2.36. The zero-order chi connectivity index (χ0) is 17.7. The van der Waals surface area contributed by atoms with Crippen LogP contribution in [0, 0.1) is 5.92 Å². The maximum Gasteiger partial charge on any atom is 0.419 e. The Hall–Kier alpha value is -1.83. The first-order valence-electron chi connectivity index (χ1n) is 8.05. The Morgan fingerprint density at radius 2 is 2.25 bits per heavy atom. The zero-order valence-electron chi connectivity index (χ0n) is 13.6. The third kappa shape index (κ3) is 4.17. The van der Waals surface area contributed by atoms with Gasteiger partial charge in [-0.3, -0.25) is 4.79 Å². The SMILES string of the molecule is CCN(CCO)C(=O)C1CCCN(c2ncccc2C(F)(F)F)C1. The van der Waals surface area contributed by atoms with Crippen LogP contribution in [0.25, 0.3) is 0 Å². The molecule has 8 heteroatoms. The smallest absolute Gasteiger partial charge is 0.395 e. The van der Waals surface area contributed by atoms with Crippen molar-refractivity contribution in [1.29, 1.82) is 0 Å². The number of likely N-dealkylation sites (N-methyl/N-ethyl adjacent to an activating group) is 1. The molecule has 0 bridgehead atoms. The van der Waals surface area contributed by atoms with E-state index in [0.717, 1.165) is 6.07 Å².